The molecule has 1 aromatic carbocycles. The Morgan fingerprint density at radius 1 is 1.21 bits per heavy atom. The summed E-state index contributed by atoms with van der Waals surface area (Å²) in [6.07, 6.45) is 0.954. The number of rotatable bonds is 5. The molecule has 0 fully saturated rings. The normalized spacial score (nSPS) is 11.5. The van der Waals surface area contributed by atoms with Crippen molar-refractivity contribution < 1.29 is 0 Å². The summed E-state index contributed by atoms with van der Waals surface area (Å²) in [6.45, 7) is 3.56. The lowest BCUT2D eigenvalue weighted by Crippen LogP contribution is -2.33. The zero-order valence-corrected chi connectivity index (χ0v) is 11.9. The van der Waals surface area contributed by atoms with Gasteiger partial charge in [-0.25, -0.2) is 4.99 Å². The number of aliphatic imine (C=N–C) groups is 1. The number of hydrogen-bond donors (Lipinski definition) is 2. The van der Waals surface area contributed by atoms with E-state index in [0.717, 1.165) is 13.0 Å². The Hall–Kier alpha value is -1.81. The number of aryl methyl sites for hydroxylation is 1. The third kappa shape index (κ3) is 4.75. The van der Waals surface area contributed by atoms with Gasteiger partial charge in [0.15, 0.2) is 5.96 Å². The molecule has 3 nitrogen and oxygen atoms in total. The van der Waals surface area contributed by atoms with Gasteiger partial charge in [-0.3, -0.25) is 0 Å². The van der Waals surface area contributed by atoms with Crippen molar-refractivity contribution in [1.29, 1.82) is 0 Å². The summed E-state index contributed by atoms with van der Waals surface area (Å²) in [5.74, 6) is 0.516. The van der Waals surface area contributed by atoms with Crippen LogP contribution in [-0.2, 0) is 13.0 Å². The Balaban J connectivity index is 1.73. The number of thiophene rings is 1. The van der Waals surface area contributed by atoms with E-state index in [1.165, 1.54) is 15.3 Å². The van der Waals surface area contributed by atoms with Crippen molar-refractivity contribution in [3.05, 3.63) is 57.8 Å². The summed E-state index contributed by atoms with van der Waals surface area (Å²) >= 11 is 1.76. The smallest absolute Gasteiger partial charge is 0.188 e. The molecule has 2 aromatic rings. The molecule has 0 atom stereocenters. The predicted octanol–water partition coefficient (Wildman–Crippen LogP) is 2.70. The molecular formula is C15H19N3S. The zero-order chi connectivity index (χ0) is 13.5. The summed E-state index contributed by atoms with van der Waals surface area (Å²) in [5, 5.41) is 3.14. The van der Waals surface area contributed by atoms with Crippen molar-refractivity contribution in [3.63, 3.8) is 0 Å². The molecule has 4 heteroatoms. The Labute approximate surface area is 118 Å². The van der Waals surface area contributed by atoms with Crippen LogP contribution >= 0.6 is 11.3 Å². The van der Waals surface area contributed by atoms with Crippen LogP contribution in [0.1, 0.15) is 15.3 Å². The van der Waals surface area contributed by atoms with Crippen molar-refractivity contribution in [2.24, 2.45) is 10.7 Å². The lowest BCUT2D eigenvalue weighted by molar-refractivity contribution is 0.849. The molecular weight excluding hydrogens is 254 g/mol. The van der Waals surface area contributed by atoms with Crippen LogP contribution in [0, 0.1) is 6.92 Å². The monoisotopic (exact) mass is 273 g/mol. The number of nitrogens with one attached hydrogen (secondary N) is 1. The highest BCUT2D eigenvalue weighted by Crippen LogP contribution is 2.15. The molecule has 0 radical (unpaired) electrons. The van der Waals surface area contributed by atoms with Gasteiger partial charge in [0.05, 0.1) is 6.54 Å². The molecule has 0 unspecified atom stereocenters. The summed E-state index contributed by atoms with van der Waals surface area (Å²) in [6, 6.07) is 14.6. The average Bonchev–Trinajstić information content (AvgIpc) is 2.83. The minimum Gasteiger partial charge on any atom is -0.370 e. The molecule has 2 rings (SSSR count). The molecule has 100 valence electrons. The van der Waals surface area contributed by atoms with E-state index in [1.54, 1.807) is 11.3 Å². The highest BCUT2D eigenvalue weighted by Gasteiger charge is 1.97. The molecule has 1 aromatic heterocycles. The Bertz CT molecular complexity index is 531. The summed E-state index contributed by atoms with van der Waals surface area (Å²) in [4.78, 5) is 6.88. The Morgan fingerprint density at radius 2 is 2.00 bits per heavy atom. The third-order valence-electron chi connectivity index (χ3n) is 2.76. The zero-order valence-electron chi connectivity index (χ0n) is 11.1. The third-order valence-corrected chi connectivity index (χ3v) is 3.75. The number of benzene rings is 1. The lowest BCUT2D eigenvalue weighted by atomic mass is 10.1. The molecule has 0 saturated heterocycles. The van der Waals surface area contributed by atoms with Gasteiger partial charge in [-0.05, 0) is 31.0 Å². The van der Waals surface area contributed by atoms with E-state index in [2.05, 4.69) is 41.5 Å². The largest absolute Gasteiger partial charge is 0.370 e. The standard InChI is InChI=1S/C15H19N3S/c1-12-7-8-14(19-12)11-18-15(16)17-10-9-13-5-3-2-4-6-13/h2-8H,9-11H2,1H3,(H3,16,17,18). The van der Waals surface area contributed by atoms with Gasteiger partial charge >= 0.3 is 0 Å². The number of guanidine groups is 1. The van der Waals surface area contributed by atoms with Gasteiger partial charge in [0, 0.05) is 16.3 Å². The maximum atomic E-state index is 5.84. The van der Waals surface area contributed by atoms with Gasteiger partial charge in [-0.15, -0.1) is 11.3 Å². The van der Waals surface area contributed by atoms with Gasteiger partial charge in [0.2, 0.25) is 0 Å². The van der Waals surface area contributed by atoms with Gasteiger partial charge in [-0.1, -0.05) is 30.3 Å². The molecule has 3 N–H and O–H groups in total. The first kappa shape index (κ1) is 13.6. The first-order valence-corrected chi connectivity index (χ1v) is 7.19. The topological polar surface area (TPSA) is 50.4 Å². The SMILES string of the molecule is Cc1ccc(CN=C(N)NCCc2ccccc2)s1. The highest BCUT2D eigenvalue weighted by atomic mass is 32.1. The highest BCUT2D eigenvalue weighted by molar-refractivity contribution is 7.11. The van der Waals surface area contributed by atoms with Crippen LogP contribution in [-0.4, -0.2) is 12.5 Å². The maximum absolute atomic E-state index is 5.84. The van der Waals surface area contributed by atoms with Gasteiger partial charge in [0.1, 0.15) is 0 Å². The summed E-state index contributed by atoms with van der Waals surface area (Å²) < 4.78 is 0. The second-order valence-corrected chi connectivity index (χ2v) is 5.75. The molecule has 0 bridgehead atoms. The number of nitrogens with two attached hydrogens (primary N) is 1. The Kier molecular flexibility index (Phi) is 4.98. The molecule has 0 saturated carbocycles. The Morgan fingerprint density at radius 3 is 2.68 bits per heavy atom. The number of hydrogen-bond acceptors (Lipinski definition) is 2. The summed E-state index contributed by atoms with van der Waals surface area (Å²) in [7, 11) is 0. The van der Waals surface area contributed by atoms with E-state index in [4.69, 9.17) is 5.73 Å². The number of nitrogens with zero attached hydrogens (tertiary/aromatic N) is 1. The quantitative estimate of drug-likeness (QED) is 0.650. The molecule has 0 aliphatic carbocycles. The first-order chi connectivity index (χ1) is 9.24. The maximum Gasteiger partial charge on any atom is 0.188 e. The van der Waals surface area contributed by atoms with Crippen molar-refractivity contribution in [2.75, 3.05) is 6.54 Å². The van der Waals surface area contributed by atoms with Crippen molar-refractivity contribution in [2.45, 2.75) is 19.9 Å². The van der Waals surface area contributed by atoms with Crippen LogP contribution in [0.25, 0.3) is 0 Å². The van der Waals surface area contributed by atoms with Crippen LogP contribution in [0.4, 0.5) is 0 Å². The van der Waals surface area contributed by atoms with Crippen LogP contribution < -0.4 is 11.1 Å². The molecule has 0 amide bonds. The van der Waals surface area contributed by atoms with E-state index in [-0.39, 0.29) is 0 Å². The second-order valence-electron chi connectivity index (χ2n) is 4.38. The van der Waals surface area contributed by atoms with Crippen LogP contribution in [0.2, 0.25) is 0 Å². The van der Waals surface area contributed by atoms with Crippen LogP contribution in [0.5, 0.6) is 0 Å². The van der Waals surface area contributed by atoms with Gasteiger partial charge < -0.3 is 11.1 Å². The van der Waals surface area contributed by atoms with E-state index in [9.17, 15) is 0 Å². The van der Waals surface area contributed by atoms with Crippen molar-refractivity contribution in [3.8, 4) is 0 Å². The molecule has 0 spiro atoms. The van der Waals surface area contributed by atoms with E-state index in [1.807, 2.05) is 18.2 Å². The lowest BCUT2D eigenvalue weighted by Gasteiger charge is -2.05. The first-order valence-electron chi connectivity index (χ1n) is 6.37. The molecule has 19 heavy (non-hydrogen) atoms. The fourth-order valence-corrected chi connectivity index (χ4v) is 2.58. The molecule has 1 heterocycles. The minimum atomic E-state index is 0.516. The fourth-order valence-electron chi connectivity index (χ4n) is 1.77. The fraction of sp³-hybridized carbons (Fsp3) is 0.267. The van der Waals surface area contributed by atoms with Crippen molar-refractivity contribution >= 4 is 17.3 Å². The van der Waals surface area contributed by atoms with E-state index >= 15 is 0 Å². The van der Waals surface area contributed by atoms with Gasteiger partial charge in [-0.2, -0.15) is 0 Å². The average molecular weight is 273 g/mol. The predicted molar refractivity (Wildman–Crippen MR) is 82.5 cm³/mol. The summed E-state index contributed by atoms with van der Waals surface area (Å²) in [5.41, 5.74) is 7.14. The van der Waals surface area contributed by atoms with E-state index < -0.39 is 0 Å². The molecule has 0 aliphatic rings. The van der Waals surface area contributed by atoms with Crippen molar-refractivity contribution in [1.82, 2.24) is 5.32 Å². The second kappa shape index (κ2) is 6.95. The van der Waals surface area contributed by atoms with Crippen LogP contribution in [0.3, 0.4) is 0 Å². The molecule has 0 aliphatic heterocycles. The van der Waals surface area contributed by atoms with E-state index in [0.29, 0.717) is 12.5 Å². The van der Waals surface area contributed by atoms with Gasteiger partial charge in [0.25, 0.3) is 0 Å². The minimum absolute atomic E-state index is 0.516. The van der Waals surface area contributed by atoms with Crippen LogP contribution in [0.15, 0.2) is 47.5 Å².